The van der Waals surface area contributed by atoms with E-state index in [9.17, 15) is 8.42 Å². The maximum atomic E-state index is 13.7. The minimum Gasteiger partial charge on any atom is -0.493 e. The van der Waals surface area contributed by atoms with Gasteiger partial charge in [-0.15, -0.1) is 0 Å². The predicted octanol–water partition coefficient (Wildman–Crippen LogP) is 5.33. The molecule has 3 aromatic heterocycles. The van der Waals surface area contributed by atoms with Crippen molar-refractivity contribution in [2.75, 3.05) is 14.2 Å². The standard InChI is InChI=1S/C27H23N3O4S/c1-18-16-28-14-12-22(18)19-6-9-21(10-7-19)35(31,32)30-17-24(23-5-4-13-29-27(23)30)20-8-11-25(33-2)26(15-20)34-3/h4-17H,1-3H3. The molecule has 0 fully saturated rings. The van der Waals surface area contributed by atoms with Crippen molar-refractivity contribution in [2.45, 2.75) is 11.8 Å². The van der Waals surface area contributed by atoms with Crippen LogP contribution in [-0.2, 0) is 10.0 Å². The Bertz CT molecular complexity index is 1640. The number of fused-ring (bicyclic) bond motifs is 1. The highest BCUT2D eigenvalue weighted by Gasteiger charge is 2.23. The summed E-state index contributed by atoms with van der Waals surface area (Å²) in [6, 6.07) is 17.9. The van der Waals surface area contributed by atoms with E-state index in [1.807, 2.05) is 43.3 Å². The smallest absolute Gasteiger partial charge is 0.269 e. The monoisotopic (exact) mass is 485 g/mol. The molecule has 0 N–H and O–H groups in total. The van der Waals surface area contributed by atoms with E-state index in [0.717, 1.165) is 27.8 Å². The Morgan fingerprint density at radius 3 is 2.29 bits per heavy atom. The molecule has 0 atom stereocenters. The summed E-state index contributed by atoms with van der Waals surface area (Å²) in [6.07, 6.45) is 6.70. The summed E-state index contributed by atoms with van der Waals surface area (Å²) in [4.78, 5) is 8.69. The van der Waals surface area contributed by atoms with E-state index in [1.165, 1.54) is 3.97 Å². The van der Waals surface area contributed by atoms with Crippen molar-refractivity contribution in [2.24, 2.45) is 0 Å². The number of aromatic nitrogens is 3. The largest absolute Gasteiger partial charge is 0.493 e. The molecule has 8 heteroatoms. The fourth-order valence-electron chi connectivity index (χ4n) is 4.17. The molecule has 35 heavy (non-hydrogen) atoms. The van der Waals surface area contributed by atoms with Gasteiger partial charge in [-0.1, -0.05) is 18.2 Å². The lowest BCUT2D eigenvalue weighted by atomic mass is 10.0. The van der Waals surface area contributed by atoms with Crippen LogP contribution in [-0.4, -0.2) is 36.6 Å². The quantitative estimate of drug-likeness (QED) is 0.323. The Balaban J connectivity index is 1.62. The number of pyridine rings is 2. The van der Waals surface area contributed by atoms with E-state index in [-0.39, 0.29) is 4.90 Å². The number of methoxy groups -OCH3 is 2. The fraction of sp³-hybridized carbons (Fsp3) is 0.111. The second-order valence-electron chi connectivity index (χ2n) is 8.00. The Labute approximate surface area is 203 Å². The number of hydrogen-bond acceptors (Lipinski definition) is 6. The van der Waals surface area contributed by atoms with Gasteiger partial charge in [-0.2, -0.15) is 0 Å². The van der Waals surface area contributed by atoms with Crippen molar-refractivity contribution in [3.63, 3.8) is 0 Å². The van der Waals surface area contributed by atoms with Gasteiger partial charge in [0, 0.05) is 35.7 Å². The molecule has 0 saturated carbocycles. The molecule has 5 rings (SSSR count). The van der Waals surface area contributed by atoms with Crippen LogP contribution in [0.15, 0.2) is 90.3 Å². The first-order valence-electron chi connectivity index (χ1n) is 10.9. The Morgan fingerprint density at radius 2 is 1.57 bits per heavy atom. The Morgan fingerprint density at radius 1 is 0.829 bits per heavy atom. The summed E-state index contributed by atoms with van der Waals surface area (Å²) in [5.41, 5.74) is 4.81. The molecule has 0 aliphatic rings. The second-order valence-corrected chi connectivity index (χ2v) is 9.82. The topological polar surface area (TPSA) is 83.3 Å². The summed E-state index contributed by atoms with van der Waals surface area (Å²) in [5.74, 6) is 1.15. The second kappa shape index (κ2) is 8.88. The maximum absolute atomic E-state index is 13.7. The molecule has 7 nitrogen and oxygen atoms in total. The van der Waals surface area contributed by atoms with Crippen LogP contribution in [0, 0.1) is 6.92 Å². The molecule has 0 amide bonds. The first kappa shape index (κ1) is 22.6. The molecule has 0 radical (unpaired) electrons. The normalized spacial score (nSPS) is 11.5. The highest BCUT2D eigenvalue weighted by Crippen LogP contribution is 2.37. The zero-order chi connectivity index (χ0) is 24.6. The zero-order valence-electron chi connectivity index (χ0n) is 19.5. The predicted molar refractivity (Wildman–Crippen MR) is 135 cm³/mol. The molecule has 176 valence electrons. The van der Waals surface area contributed by atoms with E-state index >= 15 is 0 Å². The molecular formula is C27H23N3O4S. The van der Waals surface area contributed by atoms with Gasteiger partial charge in [0.15, 0.2) is 17.1 Å². The zero-order valence-corrected chi connectivity index (χ0v) is 20.3. The van der Waals surface area contributed by atoms with Crippen LogP contribution in [0.25, 0.3) is 33.3 Å². The first-order chi connectivity index (χ1) is 16.9. The molecule has 0 aliphatic carbocycles. The van der Waals surface area contributed by atoms with Crippen molar-refractivity contribution in [1.29, 1.82) is 0 Å². The summed E-state index contributed by atoms with van der Waals surface area (Å²) in [5, 5.41) is 0.715. The number of ether oxygens (including phenoxy) is 2. The Kier molecular flexibility index (Phi) is 5.74. The van der Waals surface area contributed by atoms with Crippen LogP contribution < -0.4 is 9.47 Å². The van der Waals surface area contributed by atoms with E-state index in [0.29, 0.717) is 22.5 Å². The van der Waals surface area contributed by atoms with Gasteiger partial charge in [0.25, 0.3) is 10.0 Å². The fourth-order valence-corrected chi connectivity index (χ4v) is 5.49. The van der Waals surface area contributed by atoms with E-state index in [4.69, 9.17) is 9.47 Å². The lowest BCUT2D eigenvalue weighted by Gasteiger charge is -2.09. The van der Waals surface area contributed by atoms with Crippen molar-refractivity contribution < 1.29 is 17.9 Å². The van der Waals surface area contributed by atoms with Crippen LogP contribution in [0.1, 0.15) is 5.56 Å². The summed E-state index contributed by atoms with van der Waals surface area (Å²) < 4.78 is 39.4. The molecule has 0 aliphatic heterocycles. The van der Waals surface area contributed by atoms with E-state index in [1.54, 1.807) is 63.3 Å². The van der Waals surface area contributed by atoms with Crippen LogP contribution >= 0.6 is 0 Å². The van der Waals surface area contributed by atoms with Crippen molar-refractivity contribution in [1.82, 2.24) is 13.9 Å². The third kappa shape index (κ3) is 3.91. The highest BCUT2D eigenvalue weighted by atomic mass is 32.2. The number of rotatable bonds is 6. The number of hydrogen-bond donors (Lipinski definition) is 0. The van der Waals surface area contributed by atoms with Gasteiger partial charge in [0.05, 0.1) is 19.1 Å². The van der Waals surface area contributed by atoms with Crippen LogP contribution in [0.2, 0.25) is 0 Å². The summed E-state index contributed by atoms with van der Waals surface area (Å²) in [6.45, 7) is 1.97. The van der Waals surface area contributed by atoms with Crippen LogP contribution in [0.5, 0.6) is 11.5 Å². The number of benzene rings is 2. The van der Waals surface area contributed by atoms with E-state index < -0.39 is 10.0 Å². The molecule has 0 bridgehead atoms. The molecule has 0 saturated heterocycles. The minimum absolute atomic E-state index is 0.175. The molecule has 3 heterocycles. The lowest BCUT2D eigenvalue weighted by molar-refractivity contribution is 0.355. The van der Waals surface area contributed by atoms with Gasteiger partial charge in [0.1, 0.15) is 0 Å². The van der Waals surface area contributed by atoms with Gasteiger partial charge in [-0.05, 0) is 71.6 Å². The van der Waals surface area contributed by atoms with Gasteiger partial charge in [-0.25, -0.2) is 17.4 Å². The maximum Gasteiger partial charge on any atom is 0.269 e. The SMILES string of the molecule is COc1ccc(-c2cn(S(=O)(=O)c3ccc(-c4ccncc4C)cc3)c3ncccc23)cc1OC. The van der Waals surface area contributed by atoms with Crippen molar-refractivity contribution in [3.05, 3.63) is 91.0 Å². The summed E-state index contributed by atoms with van der Waals surface area (Å²) in [7, 11) is -0.770. The molecule has 0 spiro atoms. The molecule has 5 aromatic rings. The van der Waals surface area contributed by atoms with Gasteiger partial charge >= 0.3 is 0 Å². The molecular weight excluding hydrogens is 462 g/mol. The average Bonchev–Trinajstić information content (AvgIpc) is 3.29. The third-order valence-corrected chi connectivity index (χ3v) is 7.63. The summed E-state index contributed by atoms with van der Waals surface area (Å²) >= 11 is 0. The average molecular weight is 486 g/mol. The van der Waals surface area contributed by atoms with Gasteiger partial charge in [-0.3, -0.25) is 4.98 Å². The molecule has 2 aromatic carbocycles. The first-order valence-corrected chi connectivity index (χ1v) is 12.3. The van der Waals surface area contributed by atoms with Crippen molar-refractivity contribution in [3.8, 4) is 33.8 Å². The minimum atomic E-state index is -3.90. The number of nitrogens with zero attached hydrogens (tertiary/aromatic N) is 3. The van der Waals surface area contributed by atoms with Gasteiger partial charge < -0.3 is 9.47 Å². The van der Waals surface area contributed by atoms with Crippen molar-refractivity contribution >= 4 is 21.1 Å². The van der Waals surface area contributed by atoms with Gasteiger partial charge in [0.2, 0.25) is 0 Å². The molecule has 0 unspecified atom stereocenters. The lowest BCUT2D eigenvalue weighted by Crippen LogP contribution is -2.12. The third-order valence-electron chi connectivity index (χ3n) is 5.97. The van der Waals surface area contributed by atoms with Crippen LogP contribution in [0.3, 0.4) is 0 Å². The Hall–Kier alpha value is -4.17. The van der Waals surface area contributed by atoms with E-state index in [2.05, 4.69) is 9.97 Å². The highest BCUT2D eigenvalue weighted by molar-refractivity contribution is 7.90. The van der Waals surface area contributed by atoms with Crippen LogP contribution in [0.4, 0.5) is 0 Å². The number of aryl methyl sites for hydroxylation is 1.